The van der Waals surface area contributed by atoms with E-state index in [2.05, 4.69) is 11.0 Å². The molecule has 0 saturated carbocycles. The number of nitrogens with zero attached hydrogens (tertiary/aromatic N) is 2. The molecule has 2 rings (SSSR count). The van der Waals surface area contributed by atoms with Gasteiger partial charge >= 0.3 is 0 Å². The molecule has 1 heterocycles. The Morgan fingerprint density at radius 1 is 1.40 bits per heavy atom. The summed E-state index contributed by atoms with van der Waals surface area (Å²) >= 11 is 0. The van der Waals surface area contributed by atoms with Gasteiger partial charge in [-0.3, -0.25) is 4.79 Å². The topological polar surface area (TPSA) is 49.6 Å². The number of nitrogens with two attached hydrogens (primary N) is 1. The quantitative estimate of drug-likeness (QED) is 0.910. The van der Waals surface area contributed by atoms with Crippen molar-refractivity contribution in [3.05, 3.63) is 35.4 Å². The third kappa shape index (κ3) is 3.58. The van der Waals surface area contributed by atoms with Crippen LogP contribution < -0.4 is 5.73 Å². The van der Waals surface area contributed by atoms with Crippen LogP contribution in [0.1, 0.15) is 35.2 Å². The molecule has 1 aromatic carbocycles. The third-order valence-electron chi connectivity index (χ3n) is 3.83. The minimum absolute atomic E-state index is 0.126. The van der Waals surface area contributed by atoms with Gasteiger partial charge in [-0.15, -0.1) is 0 Å². The Morgan fingerprint density at radius 2 is 2.20 bits per heavy atom. The Kier molecular flexibility index (Phi) is 5.15. The number of carbonyl (C=O) groups excluding carboxylic acids is 1. The normalized spacial score (nSPS) is 19.4. The van der Waals surface area contributed by atoms with Crippen LogP contribution in [0.2, 0.25) is 0 Å². The molecule has 0 aromatic heterocycles. The first-order chi connectivity index (χ1) is 9.61. The second-order valence-corrected chi connectivity index (χ2v) is 5.82. The van der Waals surface area contributed by atoms with Gasteiger partial charge in [0.1, 0.15) is 0 Å². The molecule has 2 N–H and O–H groups in total. The minimum atomic E-state index is 0.126. The van der Waals surface area contributed by atoms with E-state index in [1.165, 1.54) is 12.0 Å². The van der Waals surface area contributed by atoms with Crippen LogP contribution in [0.15, 0.2) is 24.3 Å². The molecule has 0 spiro atoms. The zero-order chi connectivity index (χ0) is 14.5. The molecule has 0 bridgehead atoms. The van der Waals surface area contributed by atoms with Crippen LogP contribution in [0.4, 0.5) is 0 Å². The van der Waals surface area contributed by atoms with Crippen molar-refractivity contribution in [2.75, 3.05) is 27.2 Å². The first-order valence-electron chi connectivity index (χ1n) is 7.36. The van der Waals surface area contributed by atoms with E-state index in [1.807, 2.05) is 37.2 Å². The number of piperidine rings is 1. The highest BCUT2D eigenvalue weighted by Crippen LogP contribution is 2.19. The summed E-state index contributed by atoms with van der Waals surface area (Å²) in [6.45, 7) is 2.24. The summed E-state index contributed by atoms with van der Waals surface area (Å²) in [7, 11) is 4.06. The van der Waals surface area contributed by atoms with Gasteiger partial charge in [0, 0.05) is 31.2 Å². The summed E-state index contributed by atoms with van der Waals surface area (Å²) in [4.78, 5) is 16.7. The fraction of sp³-hybridized carbons (Fsp3) is 0.562. The predicted octanol–water partition coefficient (Wildman–Crippen LogP) is 1.70. The van der Waals surface area contributed by atoms with Crippen molar-refractivity contribution >= 4 is 5.91 Å². The SMILES string of the molecule is CN(C)Cc1cccc(C(=O)N2CCCCC2CN)c1. The Balaban J connectivity index is 2.15. The maximum atomic E-state index is 12.7. The minimum Gasteiger partial charge on any atom is -0.334 e. The van der Waals surface area contributed by atoms with Crippen molar-refractivity contribution in [2.24, 2.45) is 5.73 Å². The van der Waals surface area contributed by atoms with Crippen molar-refractivity contribution in [2.45, 2.75) is 31.8 Å². The molecule has 0 aliphatic carbocycles. The molecule has 1 fully saturated rings. The summed E-state index contributed by atoms with van der Waals surface area (Å²) in [5.41, 5.74) is 7.76. The lowest BCUT2D eigenvalue weighted by atomic mass is 10.0. The van der Waals surface area contributed by atoms with Gasteiger partial charge in [-0.25, -0.2) is 0 Å². The van der Waals surface area contributed by atoms with Gasteiger partial charge in [0.2, 0.25) is 0 Å². The number of likely N-dealkylation sites (tertiary alicyclic amines) is 1. The number of amides is 1. The summed E-state index contributed by atoms with van der Waals surface area (Å²) < 4.78 is 0. The summed E-state index contributed by atoms with van der Waals surface area (Å²) in [5, 5.41) is 0. The maximum absolute atomic E-state index is 12.7. The van der Waals surface area contributed by atoms with E-state index < -0.39 is 0 Å². The van der Waals surface area contributed by atoms with Crippen molar-refractivity contribution in [1.82, 2.24) is 9.80 Å². The Morgan fingerprint density at radius 3 is 2.90 bits per heavy atom. The molecule has 1 atom stereocenters. The summed E-state index contributed by atoms with van der Waals surface area (Å²) in [5.74, 6) is 0.126. The first kappa shape index (κ1) is 15.0. The zero-order valence-electron chi connectivity index (χ0n) is 12.5. The third-order valence-corrected chi connectivity index (χ3v) is 3.83. The Labute approximate surface area is 121 Å². The molecule has 0 radical (unpaired) electrons. The van der Waals surface area contributed by atoms with Gasteiger partial charge < -0.3 is 15.5 Å². The fourth-order valence-corrected chi connectivity index (χ4v) is 2.85. The van der Waals surface area contributed by atoms with Crippen molar-refractivity contribution < 1.29 is 4.79 Å². The van der Waals surface area contributed by atoms with Crippen molar-refractivity contribution in [1.29, 1.82) is 0 Å². The van der Waals surface area contributed by atoms with Crippen LogP contribution >= 0.6 is 0 Å². The Hall–Kier alpha value is -1.39. The van der Waals surface area contributed by atoms with Crippen LogP contribution in [0.3, 0.4) is 0 Å². The molecule has 1 unspecified atom stereocenters. The van der Waals surface area contributed by atoms with Crippen LogP contribution in [0.25, 0.3) is 0 Å². The number of hydrogen-bond donors (Lipinski definition) is 1. The molecule has 1 aliphatic heterocycles. The molecular weight excluding hydrogens is 250 g/mol. The van der Waals surface area contributed by atoms with Crippen LogP contribution in [-0.2, 0) is 6.54 Å². The first-order valence-corrected chi connectivity index (χ1v) is 7.36. The van der Waals surface area contributed by atoms with E-state index in [4.69, 9.17) is 5.73 Å². The summed E-state index contributed by atoms with van der Waals surface area (Å²) in [6, 6.07) is 8.14. The summed E-state index contributed by atoms with van der Waals surface area (Å²) in [6.07, 6.45) is 3.28. The number of benzene rings is 1. The standard InChI is InChI=1S/C16H25N3O/c1-18(2)12-13-6-5-7-14(10-13)16(20)19-9-4-3-8-15(19)11-17/h5-7,10,15H,3-4,8-9,11-12,17H2,1-2H3. The van der Waals surface area contributed by atoms with Gasteiger partial charge in [0.15, 0.2) is 0 Å². The van der Waals surface area contributed by atoms with Crippen LogP contribution in [0.5, 0.6) is 0 Å². The van der Waals surface area contributed by atoms with Crippen LogP contribution in [0, 0.1) is 0 Å². The van der Waals surface area contributed by atoms with E-state index in [1.54, 1.807) is 0 Å². The monoisotopic (exact) mass is 275 g/mol. The molecule has 4 heteroatoms. The van der Waals surface area contributed by atoms with E-state index in [0.717, 1.165) is 31.5 Å². The fourth-order valence-electron chi connectivity index (χ4n) is 2.85. The molecule has 1 saturated heterocycles. The zero-order valence-corrected chi connectivity index (χ0v) is 12.5. The van der Waals surface area contributed by atoms with Gasteiger partial charge in [-0.1, -0.05) is 12.1 Å². The highest BCUT2D eigenvalue weighted by atomic mass is 16.2. The largest absolute Gasteiger partial charge is 0.334 e. The molecule has 1 amide bonds. The van der Waals surface area contributed by atoms with E-state index in [9.17, 15) is 4.79 Å². The van der Waals surface area contributed by atoms with Crippen molar-refractivity contribution in [3.8, 4) is 0 Å². The molecule has 1 aliphatic rings. The molecular formula is C16H25N3O. The second kappa shape index (κ2) is 6.86. The van der Waals surface area contributed by atoms with E-state index >= 15 is 0 Å². The van der Waals surface area contributed by atoms with Gasteiger partial charge in [0.25, 0.3) is 5.91 Å². The van der Waals surface area contributed by atoms with E-state index in [-0.39, 0.29) is 11.9 Å². The van der Waals surface area contributed by atoms with Crippen molar-refractivity contribution in [3.63, 3.8) is 0 Å². The average molecular weight is 275 g/mol. The smallest absolute Gasteiger partial charge is 0.254 e. The lowest BCUT2D eigenvalue weighted by molar-refractivity contribution is 0.0623. The highest BCUT2D eigenvalue weighted by Gasteiger charge is 2.26. The lowest BCUT2D eigenvalue weighted by Crippen LogP contribution is -2.47. The van der Waals surface area contributed by atoms with Gasteiger partial charge in [-0.05, 0) is 51.1 Å². The predicted molar refractivity (Wildman–Crippen MR) is 81.6 cm³/mol. The second-order valence-electron chi connectivity index (χ2n) is 5.82. The van der Waals surface area contributed by atoms with E-state index in [0.29, 0.717) is 6.54 Å². The maximum Gasteiger partial charge on any atom is 0.254 e. The van der Waals surface area contributed by atoms with Gasteiger partial charge in [-0.2, -0.15) is 0 Å². The highest BCUT2D eigenvalue weighted by molar-refractivity contribution is 5.94. The number of rotatable bonds is 4. The number of hydrogen-bond acceptors (Lipinski definition) is 3. The number of carbonyl (C=O) groups is 1. The molecule has 4 nitrogen and oxygen atoms in total. The van der Waals surface area contributed by atoms with Gasteiger partial charge in [0.05, 0.1) is 0 Å². The van der Waals surface area contributed by atoms with Crippen LogP contribution in [-0.4, -0.2) is 48.9 Å². The molecule has 110 valence electrons. The average Bonchev–Trinajstić information content (AvgIpc) is 2.46. The molecule has 20 heavy (non-hydrogen) atoms. The lowest BCUT2D eigenvalue weighted by Gasteiger charge is -2.35. The molecule has 1 aromatic rings. The Bertz CT molecular complexity index is 459.